The van der Waals surface area contributed by atoms with Crippen LogP contribution in [0.1, 0.15) is 16.9 Å². The predicted molar refractivity (Wildman–Crippen MR) is 131 cm³/mol. The second-order valence-electron chi connectivity index (χ2n) is 7.50. The molecule has 3 aromatic rings. The first-order valence-electron chi connectivity index (χ1n) is 10.2. The van der Waals surface area contributed by atoms with Gasteiger partial charge >= 0.3 is 0 Å². The maximum absolute atomic E-state index is 13.5. The fourth-order valence-electron chi connectivity index (χ4n) is 3.53. The molecule has 2 aromatic carbocycles. The van der Waals surface area contributed by atoms with Crippen LogP contribution in [0.5, 0.6) is 0 Å². The first kappa shape index (κ1) is 22.9. The van der Waals surface area contributed by atoms with Crippen molar-refractivity contribution in [2.24, 2.45) is 0 Å². The van der Waals surface area contributed by atoms with E-state index in [2.05, 4.69) is 21.2 Å². The van der Waals surface area contributed by atoms with Gasteiger partial charge in [-0.1, -0.05) is 57.5 Å². The van der Waals surface area contributed by atoms with E-state index in [4.69, 9.17) is 4.42 Å². The van der Waals surface area contributed by atoms with Gasteiger partial charge in [0, 0.05) is 10.2 Å². The number of halogens is 1. The molecule has 1 atom stereocenters. The standard InChI is InChI=1S/C25H20BrN3O3S/c1-16-4-2-5-17(12-16)13-22-24(31)29(19-9-7-18(26)8-10-19)25(33-22)21(14-27)23(30)28-15-20-6-3-11-32-20/h2-12,22H,13,15H2,1H3,(H,28,30). The number of furan rings is 1. The highest BCUT2D eigenvalue weighted by molar-refractivity contribution is 9.10. The van der Waals surface area contributed by atoms with Gasteiger partial charge in [-0.2, -0.15) is 5.26 Å². The number of thioether (sulfide) groups is 1. The summed E-state index contributed by atoms with van der Waals surface area (Å²) in [5.41, 5.74) is 2.63. The van der Waals surface area contributed by atoms with Crippen LogP contribution in [-0.4, -0.2) is 17.1 Å². The summed E-state index contributed by atoms with van der Waals surface area (Å²) in [6, 6.07) is 20.7. The minimum Gasteiger partial charge on any atom is -0.467 e. The molecule has 2 heterocycles. The van der Waals surface area contributed by atoms with Crippen LogP contribution in [0.3, 0.4) is 0 Å². The van der Waals surface area contributed by atoms with Crippen LogP contribution < -0.4 is 10.2 Å². The summed E-state index contributed by atoms with van der Waals surface area (Å²) in [4.78, 5) is 27.9. The van der Waals surface area contributed by atoms with E-state index in [1.165, 1.54) is 22.9 Å². The quantitative estimate of drug-likeness (QED) is 0.360. The Morgan fingerprint density at radius 3 is 2.67 bits per heavy atom. The van der Waals surface area contributed by atoms with Crippen molar-refractivity contribution >= 4 is 45.2 Å². The average molecular weight is 522 g/mol. The van der Waals surface area contributed by atoms with Crippen LogP contribution in [0.15, 0.2) is 86.4 Å². The van der Waals surface area contributed by atoms with E-state index in [9.17, 15) is 14.9 Å². The van der Waals surface area contributed by atoms with E-state index in [0.717, 1.165) is 15.6 Å². The molecular weight excluding hydrogens is 502 g/mol. The smallest absolute Gasteiger partial charge is 0.265 e. The van der Waals surface area contributed by atoms with Crippen LogP contribution in [-0.2, 0) is 22.6 Å². The molecule has 1 unspecified atom stereocenters. The first-order valence-corrected chi connectivity index (χ1v) is 11.9. The molecule has 0 aliphatic carbocycles. The van der Waals surface area contributed by atoms with Crippen molar-refractivity contribution < 1.29 is 14.0 Å². The van der Waals surface area contributed by atoms with Gasteiger partial charge < -0.3 is 9.73 Å². The molecule has 33 heavy (non-hydrogen) atoms. The van der Waals surface area contributed by atoms with Gasteiger partial charge in [-0.05, 0) is 55.3 Å². The number of carbonyl (C=O) groups excluding carboxylic acids is 2. The Labute approximate surface area is 204 Å². The maximum atomic E-state index is 13.5. The van der Waals surface area contributed by atoms with Crippen molar-refractivity contribution in [3.05, 3.63) is 98.9 Å². The molecule has 8 heteroatoms. The van der Waals surface area contributed by atoms with E-state index in [-0.39, 0.29) is 18.0 Å². The molecule has 0 spiro atoms. The second kappa shape index (κ2) is 10.1. The molecule has 0 saturated carbocycles. The fourth-order valence-corrected chi connectivity index (χ4v) is 5.11. The van der Waals surface area contributed by atoms with Crippen molar-refractivity contribution in [3.8, 4) is 6.07 Å². The van der Waals surface area contributed by atoms with Gasteiger partial charge in [-0.25, -0.2) is 0 Å². The van der Waals surface area contributed by atoms with Gasteiger partial charge in [0.1, 0.15) is 22.4 Å². The van der Waals surface area contributed by atoms with Crippen molar-refractivity contribution in [2.45, 2.75) is 25.1 Å². The fraction of sp³-hybridized carbons (Fsp3) is 0.160. The molecule has 4 rings (SSSR count). The number of aryl methyl sites for hydroxylation is 1. The van der Waals surface area contributed by atoms with E-state index in [1.54, 1.807) is 24.3 Å². The lowest BCUT2D eigenvalue weighted by molar-refractivity contribution is -0.117. The van der Waals surface area contributed by atoms with Gasteiger partial charge in [0.15, 0.2) is 0 Å². The second-order valence-corrected chi connectivity index (χ2v) is 9.61. The number of nitriles is 1. The van der Waals surface area contributed by atoms with Crippen LogP contribution in [0.25, 0.3) is 0 Å². The number of benzene rings is 2. The Hall–Kier alpha value is -3.28. The Balaban J connectivity index is 1.68. The maximum Gasteiger partial charge on any atom is 0.265 e. The summed E-state index contributed by atoms with van der Waals surface area (Å²) in [6.45, 7) is 2.15. The summed E-state index contributed by atoms with van der Waals surface area (Å²) >= 11 is 4.65. The van der Waals surface area contributed by atoms with Gasteiger partial charge in [-0.15, -0.1) is 0 Å². The molecule has 1 fully saturated rings. The zero-order valence-electron chi connectivity index (χ0n) is 17.7. The molecule has 1 saturated heterocycles. The van der Waals surface area contributed by atoms with Crippen LogP contribution in [0.2, 0.25) is 0 Å². The number of hydrogen-bond acceptors (Lipinski definition) is 5. The molecule has 0 radical (unpaired) electrons. The van der Waals surface area contributed by atoms with Crippen molar-refractivity contribution in [2.75, 3.05) is 4.90 Å². The van der Waals surface area contributed by atoms with Crippen LogP contribution in [0.4, 0.5) is 5.69 Å². The highest BCUT2D eigenvalue weighted by atomic mass is 79.9. The number of nitrogens with one attached hydrogen (secondary N) is 1. The number of rotatable bonds is 6. The largest absolute Gasteiger partial charge is 0.467 e. The molecule has 1 N–H and O–H groups in total. The van der Waals surface area contributed by atoms with Crippen molar-refractivity contribution in [1.29, 1.82) is 5.26 Å². The van der Waals surface area contributed by atoms with Gasteiger partial charge in [-0.3, -0.25) is 14.5 Å². The third-order valence-corrected chi connectivity index (χ3v) is 6.89. The molecule has 166 valence electrons. The van der Waals surface area contributed by atoms with Crippen LogP contribution in [0, 0.1) is 18.3 Å². The normalized spacial score (nSPS) is 17.1. The predicted octanol–water partition coefficient (Wildman–Crippen LogP) is 5.09. The molecular formula is C25H20BrN3O3S. The summed E-state index contributed by atoms with van der Waals surface area (Å²) in [5.74, 6) is -0.143. The lowest BCUT2D eigenvalue weighted by Gasteiger charge is -2.18. The minimum absolute atomic E-state index is 0.102. The lowest BCUT2D eigenvalue weighted by atomic mass is 10.1. The van der Waals surface area contributed by atoms with Gasteiger partial charge in [0.05, 0.1) is 18.1 Å². The SMILES string of the molecule is Cc1cccc(CC2SC(=C(C#N)C(=O)NCc3ccco3)N(c3ccc(Br)cc3)C2=O)c1. The Bertz CT molecular complexity index is 1250. The molecule has 1 aromatic heterocycles. The van der Waals surface area contributed by atoms with Crippen molar-refractivity contribution in [3.63, 3.8) is 0 Å². The third kappa shape index (κ3) is 5.21. The Kier molecular flexibility index (Phi) is 7.02. The highest BCUT2D eigenvalue weighted by Crippen LogP contribution is 2.42. The van der Waals surface area contributed by atoms with E-state index < -0.39 is 11.2 Å². The number of amides is 2. The molecule has 1 aliphatic rings. The lowest BCUT2D eigenvalue weighted by Crippen LogP contribution is -2.32. The summed E-state index contributed by atoms with van der Waals surface area (Å²) in [6.07, 6.45) is 2.01. The molecule has 2 amide bonds. The van der Waals surface area contributed by atoms with Crippen molar-refractivity contribution in [1.82, 2.24) is 5.32 Å². The van der Waals surface area contributed by atoms with E-state index in [0.29, 0.717) is 22.9 Å². The zero-order chi connectivity index (χ0) is 23.4. The van der Waals surface area contributed by atoms with E-state index >= 15 is 0 Å². The van der Waals surface area contributed by atoms with Gasteiger partial charge in [0.25, 0.3) is 5.91 Å². The number of hydrogen-bond donors (Lipinski definition) is 1. The number of nitrogens with zero attached hydrogens (tertiary/aromatic N) is 2. The minimum atomic E-state index is -0.553. The monoisotopic (exact) mass is 521 g/mol. The molecule has 0 bridgehead atoms. The summed E-state index contributed by atoms with van der Waals surface area (Å²) < 4.78 is 6.11. The number of carbonyl (C=O) groups is 2. The first-order chi connectivity index (χ1) is 16.0. The average Bonchev–Trinajstić information content (AvgIpc) is 3.42. The summed E-state index contributed by atoms with van der Waals surface area (Å²) in [5, 5.41) is 12.5. The van der Waals surface area contributed by atoms with Crippen LogP contribution >= 0.6 is 27.7 Å². The number of anilines is 1. The van der Waals surface area contributed by atoms with E-state index in [1.807, 2.05) is 49.4 Å². The summed E-state index contributed by atoms with van der Waals surface area (Å²) in [7, 11) is 0. The van der Waals surface area contributed by atoms with Gasteiger partial charge in [0.2, 0.25) is 5.91 Å². The Morgan fingerprint density at radius 2 is 2.00 bits per heavy atom. The highest BCUT2D eigenvalue weighted by Gasteiger charge is 2.40. The Morgan fingerprint density at radius 1 is 1.21 bits per heavy atom. The topological polar surface area (TPSA) is 86.3 Å². The molecule has 6 nitrogen and oxygen atoms in total. The zero-order valence-corrected chi connectivity index (χ0v) is 20.2. The molecule has 1 aliphatic heterocycles. The third-order valence-electron chi connectivity index (χ3n) is 5.10.